The Kier molecular flexibility index (Phi) is 3.37. The lowest BCUT2D eigenvalue weighted by Crippen LogP contribution is -2.46. The number of nitro groups is 1. The highest BCUT2D eigenvalue weighted by Gasteiger charge is 2.43. The SMILES string of the molecule is C[C@@]1(/[N+]([O-])=C/c2ccc([N+](=O)[O-])o2)CCCCC1=O. The molecular weight excluding hydrogens is 252 g/mol. The maximum Gasteiger partial charge on any atom is 0.433 e. The van der Waals surface area contributed by atoms with E-state index in [0.29, 0.717) is 17.6 Å². The van der Waals surface area contributed by atoms with Gasteiger partial charge >= 0.3 is 5.88 Å². The Morgan fingerprint density at radius 2 is 2.11 bits per heavy atom. The number of carbonyl (C=O) groups is 1. The van der Waals surface area contributed by atoms with Gasteiger partial charge < -0.3 is 9.62 Å². The summed E-state index contributed by atoms with van der Waals surface area (Å²) in [4.78, 5) is 21.6. The monoisotopic (exact) mass is 266 g/mol. The van der Waals surface area contributed by atoms with Crippen LogP contribution in [0, 0.1) is 15.3 Å². The predicted octanol–water partition coefficient (Wildman–Crippen LogP) is 2.02. The third-order valence-corrected chi connectivity index (χ3v) is 3.44. The number of ketones is 1. The standard InChI is InChI=1S/C12H14N2O5/c1-12(7-3-2-4-10(12)15)13(16)8-9-5-6-11(19-9)14(17)18/h5-6,8H,2-4,7H2,1H3/b13-8-/t12-/m1/s1. The Hall–Kier alpha value is -2.18. The molecule has 0 radical (unpaired) electrons. The molecule has 7 heteroatoms. The van der Waals surface area contributed by atoms with Crippen LogP contribution in [-0.4, -0.2) is 27.2 Å². The molecule has 102 valence electrons. The van der Waals surface area contributed by atoms with Gasteiger partial charge in [0.15, 0.2) is 5.76 Å². The van der Waals surface area contributed by atoms with Crippen molar-refractivity contribution in [1.82, 2.24) is 0 Å². The van der Waals surface area contributed by atoms with Crippen molar-refractivity contribution >= 4 is 17.9 Å². The van der Waals surface area contributed by atoms with E-state index in [1.807, 2.05) is 0 Å². The van der Waals surface area contributed by atoms with Crippen molar-refractivity contribution in [2.24, 2.45) is 0 Å². The van der Waals surface area contributed by atoms with Crippen molar-refractivity contribution in [2.75, 3.05) is 0 Å². The summed E-state index contributed by atoms with van der Waals surface area (Å²) in [5.74, 6) is -0.466. The molecule has 19 heavy (non-hydrogen) atoms. The van der Waals surface area contributed by atoms with Gasteiger partial charge in [-0.1, -0.05) is 0 Å². The van der Waals surface area contributed by atoms with Crippen LogP contribution in [0.5, 0.6) is 0 Å². The quantitative estimate of drug-likeness (QED) is 0.274. The minimum atomic E-state index is -1.10. The van der Waals surface area contributed by atoms with Gasteiger partial charge in [-0.15, -0.1) is 0 Å². The van der Waals surface area contributed by atoms with Crippen molar-refractivity contribution in [3.63, 3.8) is 0 Å². The second kappa shape index (κ2) is 4.83. The maximum atomic E-state index is 12.1. The van der Waals surface area contributed by atoms with E-state index in [-0.39, 0.29) is 11.5 Å². The second-order valence-electron chi connectivity index (χ2n) is 4.79. The molecule has 1 heterocycles. The molecule has 1 aromatic heterocycles. The van der Waals surface area contributed by atoms with Gasteiger partial charge in [-0.2, -0.15) is 4.74 Å². The van der Waals surface area contributed by atoms with Crippen LogP contribution in [0.4, 0.5) is 5.88 Å². The topological polar surface area (TPSA) is 99.4 Å². The van der Waals surface area contributed by atoms with Crippen molar-refractivity contribution in [3.05, 3.63) is 33.2 Å². The predicted molar refractivity (Wildman–Crippen MR) is 66.0 cm³/mol. The van der Waals surface area contributed by atoms with Gasteiger partial charge in [0.1, 0.15) is 4.92 Å². The van der Waals surface area contributed by atoms with Gasteiger partial charge in [0.2, 0.25) is 17.5 Å². The third kappa shape index (κ3) is 2.49. The molecule has 0 bridgehead atoms. The van der Waals surface area contributed by atoms with Gasteiger partial charge in [0.25, 0.3) is 0 Å². The molecule has 1 saturated carbocycles. The van der Waals surface area contributed by atoms with Crippen LogP contribution >= 0.6 is 0 Å². The Balaban J connectivity index is 2.26. The molecule has 1 fully saturated rings. The van der Waals surface area contributed by atoms with Crippen LogP contribution in [-0.2, 0) is 4.79 Å². The highest BCUT2D eigenvalue weighted by atomic mass is 16.6. The highest BCUT2D eigenvalue weighted by molar-refractivity contribution is 5.88. The number of carbonyl (C=O) groups excluding carboxylic acids is 1. The Morgan fingerprint density at radius 1 is 1.37 bits per heavy atom. The van der Waals surface area contributed by atoms with Gasteiger partial charge in [0.05, 0.1) is 6.07 Å². The second-order valence-corrected chi connectivity index (χ2v) is 4.79. The minimum absolute atomic E-state index is 0.0706. The van der Waals surface area contributed by atoms with Crippen LogP contribution < -0.4 is 0 Å². The van der Waals surface area contributed by atoms with E-state index in [2.05, 4.69) is 0 Å². The fourth-order valence-corrected chi connectivity index (χ4v) is 2.16. The fraction of sp³-hybridized carbons (Fsp3) is 0.500. The fourth-order valence-electron chi connectivity index (χ4n) is 2.16. The molecule has 0 spiro atoms. The smallest absolute Gasteiger partial charge is 0.433 e. The first-order chi connectivity index (χ1) is 8.93. The largest absolute Gasteiger partial charge is 0.623 e. The van der Waals surface area contributed by atoms with Crippen molar-refractivity contribution in [1.29, 1.82) is 0 Å². The number of rotatable bonds is 3. The summed E-state index contributed by atoms with van der Waals surface area (Å²) in [5, 5.41) is 22.6. The van der Waals surface area contributed by atoms with E-state index in [4.69, 9.17) is 4.42 Å². The van der Waals surface area contributed by atoms with Crippen LogP contribution in [0.1, 0.15) is 38.4 Å². The van der Waals surface area contributed by atoms with Crippen LogP contribution in [0.25, 0.3) is 0 Å². The molecule has 7 nitrogen and oxygen atoms in total. The summed E-state index contributed by atoms with van der Waals surface area (Å²) < 4.78 is 5.43. The first-order valence-electron chi connectivity index (χ1n) is 6.02. The number of hydroxylamine groups is 1. The van der Waals surface area contributed by atoms with Crippen molar-refractivity contribution in [3.8, 4) is 0 Å². The molecule has 0 amide bonds. The highest BCUT2D eigenvalue weighted by Crippen LogP contribution is 2.27. The number of furan rings is 1. The van der Waals surface area contributed by atoms with E-state index in [1.165, 1.54) is 12.1 Å². The summed E-state index contributed by atoms with van der Waals surface area (Å²) >= 11 is 0. The summed E-state index contributed by atoms with van der Waals surface area (Å²) in [7, 11) is 0. The summed E-state index contributed by atoms with van der Waals surface area (Å²) in [6, 6.07) is 2.50. The Morgan fingerprint density at radius 3 is 2.68 bits per heavy atom. The van der Waals surface area contributed by atoms with Crippen LogP contribution in [0.2, 0.25) is 0 Å². The number of nitrogens with zero attached hydrogens (tertiary/aromatic N) is 2. The lowest BCUT2D eigenvalue weighted by atomic mass is 9.82. The van der Waals surface area contributed by atoms with E-state index >= 15 is 0 Å². The summed E-state index contributed by atoms with van der Waals surface area (Å²) in [5.41, 5.74) is -1.10. The van der Waals surface area contributed by atoms with Gasteiger partial charge in [-0.05, 0) is 18.9 Å². The van der Waals surface area contributed by atoms with E-state index in [1.54, 1.807) is 6.92 Å². The van der Waals surface area contributed by atoms with Crippen LogP contribution in [0.15, 0.2) is 16.5 Å². The first kappa shape index (κ1) is 13.3. The minimum Gasteiger partial charge on any atom is -0.623 e. The molecule has 1 aliphatic rings. The van der Waals surface area contributed by atoms with E-state index in [9.17, 15) is 20.1 Å². The van der Waals surface area contributed by atoms with E-state index < -0.39 is 16.3 Å². The normalized spacial score (nSPS) is 24.5. The lowest BCUT2D eigenvalue weighted by molar-refractivity contribution is -0.525. The molecule has 1 aromatic rings. The zero-order valence-corrected chi connectivity index (χ0v) is 10.5. The van der Waals surface area contributed by atoms with Crippen molar-refractivity contribution in [2.45, 2.75) is 38.1 Å². The Bertz CT molecular complexity index is 548. The van der Waals surface area contributed by atoms with Gasteiger partial charge in [0, 0.05) is 19.8 Å². The summed E-state index contributed by atoms with van der Waals surface area (Å²) in [6.45, 7) is 1.59. The summed E-state index contributed by atoms with van der Waals surface area (Å²) in [6.07, 6.45) is 3.58. The number of hydrogen-bond donors (Lipinski definition) is 0. The average molecular weight is 266 g/mol. The van der Waals surface area contributed by atoms with E-state index in [0.717, 1.165) is 19.1 Å². The lowest BCUT2D eigenvalue weighted by Gasteiger charge is -2.29. The van der Waals surface area contributed by atoms with Gasteiger partial charge in [-0.25, -0.2) is 0 Å². The molecule has 0 N–H and O–H groups in total. The molecule has 1 atom stereocenters. The van der Waals surface area contributed by atoms with Gasteiger partial charge in [-0.3, -0.25) is 14.9 Å². The molecule has 0 aliphatic heterocycles. The van der Waals surface area contributed by atoms with Crippen LogP contribution in [0.3, 0.4) is 0 Å². The molecule has 0 saturated heterocycles. The Labute approximate surface area is 109 Å². The van der Waals surface area contributed by atoms with Crippen molar-refractivity contribution < 1.29 is 18.9 Å². The first-order valence-corrected chi connectivity index (χ1v) is 6.02. The molecular formula is C12H14N2O5. The number of Topliss-reactive ketones (excluding diaryl/α,β-unsaturated/α-hetero) is 1. The zero-order valence-electron chi connectivity index (χ0n) is 10.5. The molecule has 2 rings (SSSR count). The zero-order chi connectivity index (χ0) is 14.0. The molecule has 1 aliphatic carbocycles. The number of hydrogen-bond acceptors (Lipinski definition) is 5. The molecule has 0 aromatic carbocycles. The average Bonchev–Trinajstić information content (AvgIpc) is 2.81. The third-order valence-electron chi connectivity index (χ3n) is 3.44. The molecule has 0 unspecified atom stereocenters. The maximum absolute atomic E-state index is 12.1.